The maximum absolute atomic E-state index is 4.09. The van der Waals surface area contributed by atoms with Gasteiger partial charge in [0.1, 0.15) is 0 Å². The normalized spacial score (nSPS) is 10.4. The molecular formula is C13H9N4. The Morgan fingerprint density at radius 3 is 2.53 bits per heavy atom. The SMILES string of the molecule is [c]1nccc(-c2ccc(-n3ccnc3)cc2)n1. The van der Waals surface area contributed by atoms with E-state index in [0.717, 1.165) is 16.9 Å². The Balaban J connectivity index is 1.96. The minimum absolute atomic E-state index is 0.872. The number of benzene rings is 1. The van der Waals surface area contributed by atoms with Gasteiger partial charge in [-0.2, -0.15) is 0 Å². The molecule has 3 aromatic rings. The van der Waals surface area contributed by atoms with Crippen molar-refractivity contribution in [2.45, 2.75) is 0 Å². The van der Waals surface area contributed by atoms with Crippen molar-refractivity contribution in [2.24, 2.45) is 0 Å². The summed E-state index contributed by atoms with van der Waals surface area (Å²) in [5.74, 6) is 0. The summed E-state index contributed by atoms with van der Waals surface area (Å²) in [6.07, 6.45) is 9.71. The van der Waals surface area contributed by atoms with Crippen LogP contribution in [-0.4, -0.2) is 19.5 Å². The smallest absolute Gasteiger partial charge is 0.198 e. The summed E-state index contributed by atoms with van der Waals surface area (Å²) in [6, 6.07) is 9.96. The van der Waals surface area contributed by atoms with Crippen molar-refractivity contribution in [3.63, 3.8) is 0 Å². The van der Waals surface area contributed by atoms with Crippen LogP contribution in [0.2, 0.25) is 0 Å². The molecule has 0 amide bonds. The van der Waals surface area contributed by atoms with Crippen molar-refractivity contribution in [1.82, 2.24) is 19.5 Å². The minimum atomic E-state index is 0.872. The molecule has 0 atom stereocenters. The van der Waals surface area contributed by atoms with Crippen molar-refractivity contribution in [1.29, 1.82) is 0 Å². The van der Waals surface area contributed by atoms with Crippen LogP contribution in [-0.2, 0) is 0 Å². The lowest BCUT2D eigenvalue weighted by Crippen LogP contribution is -1.90. The zero-order valence-electron chi connectivity index (χ0n) is 8.99. The molecule has 0 bridgehead atoms. The number of hydrogen-bond donors (Lipinski definition) is 0. The molecule has 2 aromatic heterocycles. The van der Waals surface area contributed by atoms with Gasteiger partial charge in [-0.15, -0.1) is 0 Å². The molecule has 17 heavy (non-hydrogen) atoms. The molecule has 2 heterocycles. The average molecular weight is 221 g/mol. The van der Waals surface area contributed by atoms with Gasteiger partial charge in [-0.25, -0.2) is 15.0 Å². The van der Waals surface area contributed by atoms with E-state index >= 15 is 0 Å². The highest BCUT2D eigenvalue weighted by Gasteiger charge is 1.99. The van der Waals surface area contributed by atoms with Crippen molar-refractivity contribution in [2.75, 3.05) is 0 Å². The molecule has 0 saturated carbocycles. The van der Waals surface area contributed by atoms with Gasteiger partial charge in [-0.3, -0.25) is 0 Å². The zero-order valence-corrected chi connectivity index (χ0v) is 8.99. The van der Waals surface area contributed by atoms with E-state index in [1.54, 1.807) is 18.7 Å². The Labute approximate surface area is 98.6 Å². The minimum Gasteiger partial charge on any atom is -0.306 e. The molecule has 81 valence electrons. The van der Waals surface area contributed by atoms with E-state index < -0.39 is 0 Å². The first kappa shape index (κ1) is 9.72. The van der Waals surface area contributed by atoms with E-state index in [1.807, 2.05) is 41.1 Å². The molecule has 4 nitrogen and oxygen atoms in total. The highest BCUT2D eigenvalue weighted by molar-refractivity contribution is 5.60. The third kappa shape index (κ3) is 1.92. The fraction of sp³-hybridized carbons (Fsp3) is 0. The molecule has 1 radical (unpaired) electrons. The molecule has 0 aliphatic rings. The molecule has 4 heteroatoms. The van der Waals surface area contributed by atoms with Crippen LogP contribution in [0.5, 0.6) is 0 Å². The van der Waals surface area contributed by atoms with Gasteiger partial charge >= 0.3 is 0 Å². The van der Waals surface area contributed by atoms with E-state index in [9.17, 15) is 0 Å². The third-order valence-electron chi connectivity index (χ3n) is 2.50. The van der Waals surface area contributed by atoms with Crippen LogP contribution in [0.1, 0.15) is 0 Å². The third-order valence-corrected chi connectivity index (χ3v) is 2.50. The quantitative estimate of drug-likeness (QED) is 0.665. The van der Waals surface area contributed by atoms with Crippen LogP contribution < -0.4 is 0 Å². The second-order valence-electron chi connectivity index (χ2n) is 3.56. The monoisotopic (exact) mass is 221 g/mol. The van der Waals surface area contributed by atoms with Crippen LogP contribution in [0.15, 0.2) is 55.2 Å². The Morgan fingerprint density at radius 1 is 1.00 bits per heavy atom. The number of hydrogen-bond acceptors (Lipinski definition) is 3. The highest BCUT2D eigenvalue weighted by atomic mass is 15.0. The van der Waals surface area contributed by atoms with Gasteiger partial charge < -0.3 is 4.57 Å². The molecule has 0 aliphatic heterocycles. The van der Waals surface area contributed by atoms with Gasteiger partial charge in [-0.05, 0) is 18.2 Å². The molecule has 3 rings (SSSR count). The first-order chi connectivity index (χ1) is 8.43. The summed E-state index contributed by atoms with van der Waals surface area (Å²) in [4.78, 5) is 11.9. The predicted molar refractivity (Wildman–Crippen MR) is 63.4 cm³/mol. The topological polar surface area (TPSA) is 43.6 Å². The number of nitrogens with zero attached hydrogens (tertiary/aromatic N) is 4. The van der Waals surface area contributed by atoms with Crippen LogP contribution in [0, 0.1) is 6.33 Å². The predicted octanol–water partition coefficient (Wildman–Crippen LogP) is 2.13. The Kier molecular flexibility index (Phi) is 2.38. The molecule has 0 spiro atoms. The molecule has 0 aliphatic carbocycles. The fourth-order valence-electron chi connectivity index (χ4n) is 1.64. The van der Waals surface area contributed by atoms with E-state index in [4.69, 9.17) is 0 Å². The largest absolute Gasteiger partial charge is 0.306 e. The lowest BCUT2D eigenvalue weighted by molar-refractivity contribution is 1.06. The van der Waals surface area contributed by atoms with Crippen molar-refractivity contribution in [3.05, 3.63) is 61.6 Å². The Hall–Kier alpha value is -2.49. The van der Waals surface area contributed by atoms with Gasteiger partial charge in [0.05, 0.1) is 12.0 Å². The lowest BCUT2D eigenvalue weighted by atomic mass is 10.1. The van der Waals surface area contributed by atoms with Crippen LogP contribution in [0.3, 0.4) is 0 Å². The Morgan fingerprint density at radius 2 is 1.88 bits per heavy atom. The van der Waals surface area contributed by atoms with E-state index in [0.29, 0.717) is 0 Å². The standard InChI is InChI=1S/C13H9N4/c1-3-12(17-8-7-15-10-17)4-2-11(1)13-5-6-14-9-16-13/h1-8,10H. The van der Waals surface area contributed by atoms with Crippen LogP contribution in [0.4, 0.5) is 0 Å². The first-order valence-corrected chi connectivity index (χ1v) is 5.21. The van der Waals surface area contributed by atoms with Crippen LogP contribution in [0.25, 0.3) is 16.9 Å². The fourth-order valence-corrected chi connectivity index (χ4v) is 1.64. The van der Waals surface area contributed by atoms with Gasteiger partial charge in [-0.1, -0.05) is 12.1 Å². The number of aromatic nitrogens is 4. The van der Waals surface area contributed by atoms with Crippen LogP contribution >= 0.6 is 0 Å². The van der Waals surface area contributed by atoms with Gasteiger partial charge in [0.15, 0.2) is 6.33 Å². The van der Waals surface area contributed by atoms with Crippen molar-refractivity contribution < 1.29 is 0 Å². The number of imidazole rings is 1. The maximum atomic E-state index is 4.09. The summed E-state index contributed by atoms with van der Waals surface area (Å²) in [5, 5.41) is 0. The zero-order chi connectivity index (χ0) is 11.5. The van der Waals surface area contributed by atoms with Gasteiger partial charge in [0, 0.05) is 29.8 Å². The second-order valence-corrected chi connectivity index (χ2v) is 3.56. The van der Waals surface area contributed by atoms with E-state index in [2.05, 4.69) is 21.3 Å². The molecule has 1 aromatic carbocycles. The summed E-state index contributed by atoms with van der Waals surface area (Å²) in [7, 11) is 0. The summed E-state index contributed by atoms with van der Waals surface area (Å²) < 4.78 is 1.95. The second kappa shape index (κ2) is 4.17. The average Bonchev–Trinajstić information content (AvgIpc) is 2.94. The van der Waals surface area contributed by atoms with Gasteiger partial charge in [0.25, 0.3) is 0 Å². The molecule has 0 N–H and O–H groups in total. The van der Waals surface area contributed by atoms with E-state index in [-0.39, 0.29) is 0 Å². The molecule has 0 fully saturated rings. The summed E-state index contributed by atoms with van der Waals surface area (Å²) in [6.45, 7) is 0. The lowest BCUT2D eigenvalue weighted by Gasteiger charge is -2.03. The van der Waals surface area contributed by atoms with Crippen molar-refractivity contribution >= 4 is 0 Å². The molecule has 0 saturated heterocycles. The first-order valence-electron chi connectivity index (χ1n) is 5.21. The Bertz CT molecular complexity index is 585. The molecule has 0 unspecified atom stereocenters. The van der Waals surface area contributed by atoms with Crippen molar-refractivity contribution in [3.8, 4) is 16.9 Å². The summed E-state index contributed by atoms with van der Waals surface area (Å²) >= 11 is 0. The maximum Gasteiger partial charge on any atom is 0.198 e. The molecular weight excluding hydrogens is 212 g/mol. The van der Waals surface area contributed by atoms with Gasteiger partial charge in [0.2, 0.25) is 0 Å². The summed E-state index contributed by atoms with van der Waals surface area (Å²) in [5.41, 5.74) is 2.99. The number of rotatable bonds is 2. The highest BCUT2D eigenvalue weighted by Crippen LogP contribution is 2.17. The van der Waals surface area contributed by atoms with E-state index in [1.165, 1.54) is 0 Å².